The highest BCUT2D eigenvalue weighted by Crippen LogP contribution is 2.20. The number of ether oxygens (including phenoxy) is 1. The van der Waals surface area contributed by atoms with Gasteiger partial charge in [0.25, 0.3) is 21.2 Å². The molecule has 1 aromatic rings. The van der Waals surface area contributed by atoms with Gasteiger partial charge in [0.1, 0.15) is 17.6 Å². The fourth-order valence-electron chi connectivity index (χ4n) is 1.79. The van der Waals surface area contributed by atoms with Crippen molar-refractivity contribution < 1.29 is 27.2 Å². The van der Waals surface area contributed by atoms with Gasteiger partial charge in [-0.25, -0.2) is 4.98 Å². The molecule has 1 rings (SSSR count). The maximum atomic E-state index is 12.0. The maximum absolute atomic E-state index is 12.0. The third-order valence-corrected chi connectivity index (χ3v) is 4.91. The Morgan fingerprint density at radius 3 is 2.80 bits per heavy atom. The topological polar surface area (TPSA) is 115 Å². The number of rotatable bonds is 12. The van der Waals surface area contributed by atoms with Crippen LogP contribution in [0.4, 0.5) is 0 Å². The van der Waals surface area contributed by atoms with E-state index in [1.54, 1.807) is 0 Å². The second kappa shape index (κ2) is 10.7. The molecule has 2 N–H and O–H groups in total. The Hall–Kier alpha value is -1.23. The van der Waals surface area contributed by atoms with E-state index in [1.165, 1.54) is 6.20 Å². The van der Waals surface area contributed by atoms with Crippen molar-refractivity contribution in [3.63, 3.8) is 0 Å². The third kappa shape index (κ3) is 9.73. The lowest BCUT2D eigenvalue weighted by atomic mass is 10.0. The Morgan fingerprint density at radius 2 is 2.16 bits per heavy atom. The molecule has 144 valence electrons. The van der Waals surface area contributed by atoms with Crippen LogP contribution < -0.4 is 10.1 Å². The van der Waals surface area contributed by atoms with E-state index in [9.17, 15) is 18.3 Å². The predicted molar refractivity (Wildman–Crippen MR) is 95.4 cm³/mol. The molecule has 10 heteroatoms. The van der Waals surface area contributed by atoms with Crippen LogP contribution in [0.5, 0.6) is 5.19 Å². The number of aliphatic hydroxyl groups excluding tert-OH is 1. The lowest BCUT2D eigenvalue weighted by Gasteiger charge is -2.09. The number of thiazole rings is 1. The minimum Gasteiger partial charge on any atom is -0.467 e. The van der Waals surface area contributed by atoms with Crippen LogP contribution in [0.3, 0.4) is 0 Å². The number of hydrogen-bond donors (Lipinski definition) is 2. The minimum absolute atomic E-state index is 0.182. The van der Waals surface area contributed by atoms with Crippen molar-refractivity contribution in [2.45, 2.75) is 39.2 Å². The van der Waals surface area contributed by atoms with E-state index in [4.69, 9.17) is 4.74 Å². The van der Waals surface area contributed by atoms with Crippen LogP contribution in [0.2, 0.25) is 0 Å². The number of hydrogen-bond acceptors (Lipinski definition) is 8. The van der Waals surface area contributed by atoms with Gasteiger partial charge >= 0.3 is 0 Å². The van der Waals surface area contributed by atoms with E-state index in [1.807, 2.05) is 0 Å². The van der Waals surface area contributed by atoms with Crippen molar-refractivity contribution in [3.05, 3.63) is 11.1 Å². The average Bonchev–Trinajstić information content (AvgIpc) is 3.03. The summed E-state index contributed by atoms with van der Waals surface area (Å²) in [6.45, 7) is 4.36. The molecule has 0 fully saturated rings. The number of amides is 1. The molecule has 1 heterocycles. The molecule has 0 saturated carbocycles. The van der Waals surface area contributed by atoms with Crippen LogP contribution in [0.15, 0.2) is 6.20 Å². The van der Waals surface area contributed by atoms with Gasteiger partial charge in [-0.1, -0.05) is 31.6 Å². The first-order valence-corrected chi connectivity index (χ1v) is 10.7. The first-order valence-electron chi connectivity index (χ1n) is 8.10. The summed E-state index contributed by atoms with van der Waals surface area (Å²) in [6, 6.07) is 0. The molecule has 0 aliphatic carbocycles. The smallest absolute Gasteiger partial charge is 0.273 e. The summed E-state index contributed by atoms with van der Waals surface area (Å²) in [6.07, 6.45) is 4.32. The molecule has 1 amide bonds. The van der Waals surface area contributed by atoms with Gasteiger partial charge in [-0.3, -0.25) is 8.98 Å². The first-order chi connectivity index (χ1) is 11.7. The molecule has 0 aromatic carbocycles. The largest absolute Gasteiger partial charge is 0.467 e. The van der Waals surface area contributed by atoms with E-state index >= 15 is 0 Å². The summed E-state index contributed by atoms with van der Waals surface area (Å²) < 4.78 is 31.3. The van der Waals surface area contributed by atoms with Gasteiger partial charge in [0.15, 0.2) is 0 Å². The summed E-state index contributed by atoms with van der Waals surface area (Å²) >= 11 is 1.06. The number of aliphatic hydroxyl groups is 1. The molecule has 2 atom stereocenters. The van der Waals surface area contributed by atoms with Crippen molar-refractivity contribution in [1.29, 1.82) is 0 Å². The Bertz CT molecular complexity index is 632. The number of carbonyl (C=O) groups is 1. The molecule has 0 aliphatic rings. The Morgan fingerprint density at radius 1 is 1.44 bits per heavy atom. The molecule has 1 aromatic heterocycles. The van der Waals surface area contributed by atoms with E-state index in [0.29, 0.717) is 17.3 Å². The Balaban J connectivity index is 2.31. The lowest BCUT2D eigenvalue weighted by molar-refractivity contribution is 0.0651. The van der Waals surface area contributed by atoms with Gasteiger partial charge in [-0.2, -0.15) is 8.42 Å². The highest BCUT2D eigenvalue weighted by atomic mass is 32.2. The fraction of sp³-hybridized carbons (Fsp3) is 0.733. The van der Waals surface area contributed by atoms with Crippen LogP contribution in [0.1, 0.15) is 42.8 Å². The van der Waals surface area contributed by atoms with Gasteiger partial charge in [0, 0.05) is 6.54 Å². The highest BCUT2D eigenvalue weighted by Gasteiger charge is 2.14. The Kier molecular flexibility index (Phi) is 9.33. The highest BCUT2D eigenvalue weighted by molar-refractivity contribution is 7.85. The Labute approximate surface area is 152 Å². The van der Waals surface area contributed by atoms with Crippen molar-refractivity contribution in [2.24, 2.45) is 5.92 Å². The molecule has 0 saturated heterocycles. The molecule has 8 nitrogen and oxygen atoms in total. The molecule has 2 unspecified atom stereocenters. The molecule has 0 spiro atoms. The summed E-state index contributed by atoms with van der Waals surface area (Å²) in [5.41, 5.74) is 0. The molecular weight excluding hydrogens is 368 g/mol. The summed E-state index contributed by atoms with van der Waals surface area (Å²) in [7, 11) is -3.61. The quantitative estimate of drug-likeness (QED) is 0.407. The van der Waals surface area contributed by atoms with E-state index in [2.05, 4.69) is 28.3 Å². The zero-order valence-electron chi connectivity index (χ0n) is 14.7. The summed E-state index contributed by atoms with van der Waals surface area (Å²) in [5, 5.41) is 12.6. The van der Waals surface area contributed by atoms with Crippen LogP contribution in [0.25, 0.3) is 0 Å². The SMILES string of the molecule is CCC(C)CCCNC(=O)c1cnc(OCC(O)COS(C)(=O)=O)s1. The summed E-state index contributed by atoms with van der Waals surface area (Å²) in [4.78, 5) is 16.4. The van der Waals surface area contributed by atoms with Gasteiger partial charge in [0.2, 0.25) is 0 Å². The van der Waals surface area contributed by atoms with Gasteiger partial charge in [-0.05, 0) is 18.8 Å². The van der Waals surface area contributed by atoms with Crippen LogP contribution in [-0.4, -0.2) is 56.5 Å². The van der Waals surface area contributed by atoms with E-state index in [-0.39, 0.29) is 17.7 Å². The van der Waals surface area contributed by atoms with Crippen LogP contribution in [-0.2, 0) is 14.3 Å². The van der Waals surface area contributed by atoms with Crippen molar-refractivity contribution in [1.82, 2.24) is 10.3 Å². The normalized spacial score (nSPS) is 14.1. The number of aromatic nitrogens is 1. The number of nitrogens with zero attached hydrogens (tertiary/aromatic N) is 1. The number of nitrogens with one attached hydrogen (secondary N) is 1. The third-order valence-electron chi connectivity index (χ3n) is 3.44. The van der Waals surface area contributed by atoms with Crippen LogP contribution >= 0.6 is 11.3 Å². The molecular formula is C15H26N2O6S2. The van der Waals surface area contributed by atoms with Crippen molar-refractivity contribution in [3.8, 4) is 5.19 Å². The van der Waals surface area contributed by atoms with Crippen molar-refractivity contribution in [2.75, 3.05) is 26.0 Å². The zero-order valence-corrected chi connectivity index (χ0v) is 16.4. The second-order valence-corrected chi connectivity index (χ2v) is 8.49. The molecule has 0 aliphatic heterocycles. The monoisotopic (exact) mass is 394 g/mol. The average molecular weight is 395 g/mol. The second-order valence-electron chi connectivity index (χ2n) is 5.86. The predicted octanol–water partition coefficient (Wildman–Crippen LogP) is 1.42. The van der Waals surface area contributed by atoms with Crippen molar-refractivity contribution >= 4 is 27.4 Å². The lowest BCUT2D eigenvalue weighted by Crippen LogP contribution is -2.25. The van der Waals surface area contributed by atoms with Gasteiger partial charge in [-0.15, -0.1) is 0 Å². The standard InChI is InChI=1S/C15H26N2O6S2/c1-4-11(2)6-5-7-16-14(19)13-8-17-15(24-13)22-9-12(18)10-23-25(3,20)21/h8,11-12,18H,4-7,9-10H2,1-3H3,(H,16,19). The van der Waals surface area contributed by atoms with Crippen LogP contribution in [0, 0.1) is 5.92 Å². The van der Waals surface area contributed by atoms with E-state index in [0.717, 1.165) is 36.9 Å². The minimum atomic E-state index is -3.61. The number of carbonyl (C=O) groups excluding carboxylic acids is 1. The molecule has 0 radical (unpaired) electrons. The van der Waals surface area contributed by atoms with E-state index < -0.39 is 22.8 Å². The zero-order chi connectivity index (χ0) is 18.9. The van der Waals surface area contributed by atoms with Gasteiger partial charge in [0.05, 0.1) is 19.1 Å². The summed E-state index contributed by atoms with van der Waals surface area (Å²) in [5.74, 6) is 0.441. The fourth-order valence-corrected chi connectivity index (χ4v) is 2.89. The molecule has 25 heavy (non-hydrogen) atoms. The van der Waals surface area contributed by atoms with Gasteiger partial charge < -0.3 is 15.2 Å². The maximum Gasteiger partial charge on any atom is 0.273 e. The molecule has 0 bridgehead atoms. The first kappa shape index (κ1) is 21.8.